The molecule has 0 radical (unpaired) electrons. The van der Waals surface area contributed by atoms with Crippen molar-refractivity contribution >= 4 is 11.6 Å². The van der Waals surface area contributed by atoms with E-state index in [1.807, 2.05) is 12.1 Å². The largest absolute Gasteiger partial charge is 0.300 e. The predicted molar refractivity (Wildman–Crippen MR) is 121 cm³/mol. The molecule has 2 atom stereocenters. The smallest absolute Gasteiger partial charge is 0.135 e. The Labute approximate surface area is 180 Å². The van der Waals surface area contributed by atoms with Gasteiger partial charge in [-0.25, -0.2) is 0 Å². The van der Waals surface area contributed by atoms with Gasteiger partial charge in [0.1, 0.15) is 11.6 Å². The van der Waals surface area contributed by atoms with Crippen LogP contribution in [0.2, 0.25) is 0 Å². The monoisotopic (exact) mass is 406 g/mol. The van der Waals surface area contributed by atoms with Crippen LogP contribution in [0.25, 0.3) is 0 Å². The van der Waals surface area contributed by atoms with E-state index in [1.165, 1.54) is 11.1 Å². The van der Waals surface area contributed by atoms with Gasteiger partial charge in [0.25, 0.3) is 0 Å². The fourth-order valence-electron chi connectivity index (χ4n) is 4.21. The topological polar surface area (TPSA) is 40.6 Å². The van der Waals surface area contributed by atoms with Gasteiger partial charge in [0.05, 0.1) is 0 Å². The zero-order chi connectivity index (χ0) is 21.3. The zero-order valence-corrected chi connectivity index (χ0v) is 18.3. The van der Waals surface area contributed by atoms with Crippen LogP contribution in [0, 0.1) is 0 Å². The normalized spacial score (nSPS) is 20.2. The average molecular weight is 407 g/mol. The molecule has 0 aromatic heterocycles. The molecule has 0 N–H and O–H groups in total. The highest BCUT2D eigenvalue weighted by Gasteiger charge is 2.22. The molecule has 2 aliphatic heterocycles. The van der Waals surface area contributed by atoms with Crippen LogP contribution < -0.4 is 0 Å². The van der Waals surface area contributed by atoms with Crippen molar-refractivity contribution in [1.82, 2.24) is 9.80 Å². The summed E-state index contributed by atoms with van der Waals surface area (Å²) in [6.45, 7) is 8.07. The zero-order valence-electron chi connectivity index (χ0n) is 18.3. The molecule has 2 heterocycles. The molecule has 0 bridgehead atoms. The lowest BCUT2D eigenvalue weighted by atomic mass is 10.0. The van der Waals surface area contributed by atoms with E-state index in [0.29, 0.717) is 23.7 Å². The van der Waals surface area contributed by atoms with Gasteiger partial charge in [-0.3, -0.25) is 19.4 Å². The molecule has 0 amide bonds. The molecule has 2 aromatic rings. The second kappa shape index (κ2) is 11.2. The first kappa shape index (κ1) is 22.4. The van der Waals surface area contributed by atoms with Gasteiger partial charge in [-0.05, 0) is 25.0 Å². The second-order valence-electron chi connectivity index (χ2n) is 8.32. The molecular weight excluding hydrogens is 372 g/mol. The fraction of sp³-hybridized carbons (Fsp3) is 0.462. The van der Waals surface area contributed by atoms with E-state index in [1.54, 1.807) is 0 Å². The first-order valence-corrected chi connectivity index (χ1v) is 11.2. The lowest BCUT2D eigenvalue weighted by molar-refractivity contribution is -0.122. The summed E-state index contributed by atoms with van der Waals surface area (Å²) in [5, 5.41) is 0. The Morgan fingerprint density at radius 3 is 1.17 bits per heavy atom. The van der Waals surface area contributed by atoms with Gasteiger partial charge < -0.3 is 0 Å². The highest BCUT2D eigenvalue weighted by molar-refractivity contribution is 5.79. The number of ketones is 2. The van der Waals surface area contributed by atoms with E-state index >= 15 is 0 Å². The summed E-state index contributed by atoms with van der Waals surface area (Å²) in [6.07, 6.45) is 2.88. The summed E-state index contributed by atoms with van der Waals surface area (Å²) in [5.41, 5.74) is 2.68. The van der Waals surface area contributed by atoms with Gasteiger partial charge in [0.15, 0.2) is 0 Å². The van der Waals surface area contributed by atoms with Crippen molar-refractivity contribution in [1.29, 1.82) is 0 Å². The fourth-order valence-corrected chi connectivity index (χ4v) is 4.21. The first-order valence-electron chi connectivity index (χ1n) is 11.2. The number of rotatable bonds is 4. The van der Waals surface area contributed by atoms with Crippen molar-refractivity contribution in [3.8, 4) is 0 Å². The third-order valence-electron chi connectivity index (χ3n) is 6.37. The molecule has 30 heavy (non-hydrogen) atoms. The Morgan fingerprint density at radius 2 is 0.867 bits per heavy atom. The van der Waals surface area contributed by atoms with E-state index < -0.39 is 0 Å². The Balaban J connectivity index is 0.000000171. The maximum Gasteiger partial charge on any atom is 0.135 e. The van der Waals surface area contributed by atoms with Crippen molar-refractivity contribution in [2.45, 2.75) is 51.6 Å². The minimum Gasteiger partial charge on any atom is -0.300 e. The van der Waals surface area contributed by atoms with E-state index in [4.69, 9.17) is 0 Å². The second-order valence-corrected chi connectivity index (χ2v) is 8.32. The maximum absolute atomic E-state index is 11.1. The highest BCUT2D eigenvalue weighted by atomic mass is 16.1. The van der Waals surface area contributed by atoms with Gasteiger partial charge in [-0.15, -0.1) is 0 Å². The van der Waals surface area contributed by atoms with E-state index in [-0.39, 0.29) is 0 Å². The number of likely N-dealkylation sites (tertiary alicyclic amines) is 2. The van der Waals surface area contributed by atoms with Crippen LogP contribution in [0.5, 0.6) is 0 Å². The number of nitrogens with zero attached hydrogens (tertiary/aromatic N) is 2. The number of hydrogen-bond donors (Lipinski definition) is 0. The van der Waals surface area contributed by atoms with Crippen molar-refractivity contribution in [2.75, 3.05) is 26.2 Å². The van der Waals surface area contributed by atoms with Crippen LogP contribution in [0.15, 0.2) is 60.7 Å². The van der Waals surface area contributed by atoms with E-state index in [2.05, 4.69) is 72.2 Å². The Bertz CT molecular complexity index is 717. The number of carbonyl (C=O) groups excluding carboxylic acids is 2. The molecule has 0 spiro atoms. The number of hydrogen-bond acceptors (Lipinski definition) is 4. The Kier molecular flexibility index (Phi) is 8.35. The first-order chi connectivity index (χ1) is 14.5. The quantitative estimate of drug-likeness (QED) is 0.730. The van der Waals surface area contributed by atoms with Gasteiger partial charge in [0.2, 0.25) is 0 Å². The van der Waals surface area contributed by atoms with E-state index in [9.17, 15) is 9.59 Å². The molecule has 0 aliphatic carbocycles. The lowest BCUT2D eigenvalue weighted by Gasteiger charge is -2.32. The van der Waals surface area contributed by atoms with Crippen LogP contribution in [0.4, 0.5) is 0 Å². The molecule has 0 saturated carbocycles. The average Bonchev–Trinajstić information content (AvgIpc) is 2.81. The summed E-state index contributed by atoms with van der Waals surface area (Å²) in [4.78, 5) is 27.1. The van der Waals surface area contributed by atoms with Gasteiger partial charge >= 0.3 is 0 Å². The summed E-state index contributed by atoms with van der Waals surface area (Å²) in [5.74, 6) is 0.818. The molecule has 2 fully saturated rings. The van der Waals surface area contributed by atoms with Crippen LogP contribution in [0.1, 0.15) is 62.7 Å². The van der Waals surface area contributed by atoms with Crippen molar-refractivity contribution in [3.63, 3.8) is 0 Å². The molecule has 2 saturated heterocycles. The SMILES string of the molecule is CC(c1ccccc1)N1CCC(=O)CC1.CC(c1ccccc1)N1CCC(=O)CC1. The minimum absolute atomic E-state index is 0.409. The summed E-state index contributed by atoms with van der Waals surface area (Å²) in [6, 6.07) is 21.8. The third kappa shape index (κ3) is 6.35. The van der Waals surface area contributed by atoms with Gasteiger partial charge in [-0.2, -0.15) is 0 Å². The van der Waals surface area contributed by atoms with E-state index in [0.717, 1.165) is 51.9 Å². The van der Waals surface area contributed by atoms with Gasteiger partial charge in [0, 0.05) is 63.9 Å². The van der Waals surface area contributed by atoms with Crippen molar-refractivity contribution in [3.05, 3.63) is 71.8 Å². The van der Waals surface area contributed by atoms with Crippen molar-refractivity contribution < 1.29 is 9.59 Å². The molecule has 160 valence electrons. The predicted octanol–water partition coefficient (Wildman–Crippen LogP) is 4.83. The minimum atomic E-state index is 0.409. The Hall–Kier alpha value is -2.30. The molecule has 2 aromatic carbocycles. The third-order valence-corrected chi connectivity index (χ3v) is 6.37. The maximum atomic E-state index is 11.1. The lowest BCUT2D eigenvalue weighted by Crippen LogP contribution is -2.35. The molecule has 4 rings (SSSR count). The van der Waals surface area contributed by atoms with Crippen molar-refractivity contribution in [2.24, 2.45) is 0 Å². The van der Waals surface area contributed by atoms with Gasteiger partial charge in [-0.1, -0.05) is 60.7 Å². The van der Waals surface area contributed by atoms with Crippen LogP contribution in [-0.2, 0) is 9.59 Å². The molecule has 4 nitrogen and oxygen atoms in total. The van der Waals surface area contributed by atoms with Crippen LogP contribution in [0.3, 0.4) is 0 Å². The summed E-state index contributed by atoms with van der Waals surface area (Å²) in [7, 11) is 0. The molecule has 2 unspecified atom stereocenters. The number of piperidine rings is 2. The molecule has 4 heteroatoms. The highest BCUT2D eigenvalue weighted by Crippen LogP contribution is 2.23. The number of benzene rings is 2. The number of Topliss-reactive ketones (excluding diaryl/α,β-unsaturated/α-hetero) is 2. The Morgan fingerprint density at radius 1 is 0.567 bits per heavy atom. The summed E-state index contributed by atoms with van der Waals surface area (Å²) >= 11 is 0. The summed E-state index contributed by atoms with van der Waals surface area (Å²) < 4.78 is 0. The standard InChI is InChI=1S/2C13H17NO/c2*1-11(12-5-3-2-4-6-12)14-9-7-13(15)8-10-14/h2*2-6,11H,7-10H2,1H3. The number of carbonyl (C=O) groups is 2. The van der Waals surface area contributed by atoms with Crippen LogP contribution in [-0.4, -0.2) is 47.5 Å². The molecule has 2 aliphatic rings. The van der Waals surface area contributed by atoms with Crippen LogP contribution >= 0.6 is 0 Å². The molecular formula is C26H34N2O2.